The molecule has 6 heteroatoms. The van der Waals surface area contributed by atoms with E-state index in [0.29, 0.717) is 21.9 Å². The summed E-state index contributed by atoms with van der Waals surface area (Å²) >= 11 is 5.95. The quantitative estimate of drug-likeness (QED) is 0.621. The predicted molar refractivity (Wildman–Crippen MR) is 83.8 cm³/mol. The Kier molecular flexibility index (Phi) is 5.34. The molecule has 0 fully saturated rings. The molecule has 2 rings (SSSR count). The fourth-order valence-corrected chi connectivity index (χ4v) is 2.11. The van der Waals surface area contributed by atoms with Crippen molar-refractivity contribution < 1.29 is 19.1 Å². The summed E-state index contributed by atoms with van der Waals surface area (Å²) in [6.45, 7) is -0.418. The Balaban J connectivity index is 2.02. The van der Waals surface area contributed by atoms with Gasteiger partial charge >= 0.3 is 5.97 Å². The third-order valence-electron chi connectivity index (χ3n) is 3.04. The lowest BCUT2D eigenvalue weighted by atomic mass is 10.1. The Hall–Kier alpha value is -2.84. The van der Waals surface area contributed by atoms with E-state index in [1.165, 1.54) is 31.4 Å². The Bertz CT molecular complexity index is 795. The van der Waals surface area contributed by atoms with E-state index in [9.17, 15) is 9.59 Å². The Morgan fingerprint density at radius 2 is 1.96 bits per heavy atom. The molecule has 0 saturated heterocycles. The number of methoxy groups -OCH3 is 1. The van der Waals surface area contributed by atoms with E-state index < -0.39 is 12.6 Å². The summed E-state index contributed by atoms with van der Waals surface area (Å²) in [5, 5.41) is 9.10. The van der Waals surface area contributed by atoms with E-state index in [1.807, 2.05) is 6.07 Å². The zero-order valence-corrected chi connectivity index (χ0v) is 13.0. The topological polar surface area (TPSA) is 76.4 Å². The SMILES string of the molecule is COc1ccc(C(=O)COC(=O)c2cccc(C#N)c2)cc1Cl. The lowest BCUT2D eigenvalue weighted by Crippen LogP contribution is -2.14. The minimum absolute atomic E-state index is 0.213. The predicted octanol–water partition coefficient (Wildman–Crippen LogP) is 3.26. The number of hydrogen-bond acceptors (Lipinski definition) is 5. The van der Waals surface area contributed by atoms with Crippen LogP contribution in [0.25, 0.3) is 0 Å². The van der Waals surface area contributed by atoms with Crippen LogP contribution in [0.3, 0.4) is 0 Å². The largest absolute Gasteiger partial charge is 0.495 e. The average molecular weight is 330 g/mol. The Labute approximate surface area is 138 Å². The van der Waals surface area contributed by atoms with Crippen LogP contribution in [0, 0.1) is 11.3 Å². The monoisotopic (exact) mass is 329 g/mol. The number of Topliss-reactive ketones (excluding diaryl/α,β-unsaturated/α-hetero) is 1. The summed E-state index contributed by atoms with van der Waals surface area (Å²) in [7, 11) is 1.47. The Morgan fingerprint density at radius 1 is 1.17 bits per heavy atom. The minimum atomic E-state index is -0.671. The van der Waals surface area contributed by atoms with Gasteiger partial charge in [0.2, 0.25) is 0 Å². The van der Waals surface area contributed by atoms with Crippen LogP contribution in [0.2, 0.25) is 5.02 Å². The smallest absolute Gasteiger partial charge is 0.338 e. The highest BCUT2D eigenvalue weighted by Gasteiger charge is 2.13. The van der Waals surface area contributed by atoms with Crippen LogP contribution in [-0.4, -0.2) is 25.5 Å². The molecule has 0 unspecified atom stereocenters. The zero-order valence-electron chi connectivity index (χ0n) is 12.2. The van der Waals surface area contributed by atoms with Crippen molar-refractivity contribution in [1.82, 2.24) is 0 Å². The van der Waals surface area contributed by atoms with Crippen molar-refractivity contribution in [1.29, 1.82) is 5.26 Å². The maximum atomic E-state index is 12.0. The molecule has 5 nitrogen and oxygen atoms in total. The highest BCUT2D eigenvalue weighted by molar-refractivity contribution is 6.32. The molecule has 116 valence electrons. The van der Waals surface area contributed by atoms with Gasteiger partial charge in [0, 0.05) is 5.56 Å². The molecule has 2 aromatic rings. The van der Waals surface area contributed by atoms with Crippen molar-refractivity contribution >= 4 is 23.4 Å². The van der Waals surface area contributed by atoms with Crippen LogP contribution in [0.4, 0.5) is 0 Å². The fourth-order valence-electron chi connectivity index (χ4n) is 1.85. The highest BCUT2D eigenvalue weighted by Crippen LogP contribution is 2.25. The molecule has 0 aliphatic carbocycles. The second-order valence-electron chi connectivity index (χ2n) is 4.54. The van der Waals surface area contributed by atoms with Crippen LogP contribution >= 0.6 is 11.6 Å². The summed E-state index contributed by atoms with van der Waals surface area (Å²) in [4.78, 5) is 23.9. The molecule has 0 aliphatic heterocycles. The van der Waals surface area contributed by atoms with Gasteiger partial charge in [-0.25, -0.2) is 4.79 Å². The fraction of sp³-hybridized carbons (Fsp3) is 0.118. The first-order chi connectivity index (χ1) is 11.0. The molecular formula is C17H12ClNO4. The van der Waals surface area contributed by atoms with E-state index in [1.54, 1.807) is 18.2 Å². The normalized spacial score (nSPS) is 9.78. The van der Waals surface area contributed by atoms with Crippen LogP contribution in [0.5, 0.6) is 5.75 Å². The van der Waals surface area contributed by atoms with E-state index in [0.717, 1.165) is 0 Å². The third kappa shape index (κ3) is 4.09. The van der Waals surface area contributed by atoms with Crippen molar-refractivity contribution in [3.8, 4) is 11.8 Å². The standard InChI is InChI=1S/C17H12ClNO4/c1-22-16-6-5-12(8-14(16)18)15(20)10-23-17(21)13-4-2-3-11(7-13)9-19/h2-8H,10H2,1H3. The van der Waals surface area contributed by atoms with Crippen LogP contribution in [-0.2, 0) is 4.74 Å². The van der Waals surface area contributed by atoms with Crippen LogP contribution in [0.15, 0.2) is 42.5 Å². The van der Waals surface area contributed by atoms with Gasteiger partial charge < -0.3 is 9.47 Å². The maximum Gasteiger partial charge on any atom is 0.338 e. The first-order valence-electron chi connectivity index (χ1n) is 6.59. The van der Waals surface area contributed by atoms with Crippen molar-refractivity contribution in [2.45, 2.75) is 0 Å². The van der Waals surface area contributed by atoms with Gasteiger partial charge in [0.1, 0.15) is 5.75 Å². The molecule has 0 aromatic heterocycles. The second kappa shape index (κ2) is 7.43. The molecular weight excluding hydrogens is 318 g/mol. The number of nitrogens with zero attached hydrogens (tertiary/aromatic N) is 1. The molecule has 0 atom stereocenters. The van der Waals surface area contributed by atoms with E-state index in [4.69, 9.17) is 26.3 Å². The average Bonchev–Trinajstić information content (AvgIpc) is 2.59. The number of ether oxygens (including phenoxy) is 2. The first-order valence-corrected chi connectivity index (χ1v) is 6.97. The molecule has 0 saturated carbocycles. The van der Waals surface area contributed by atoms with E-state index in [2.05, 4.69) is 0 Å². The van der Waals surface area contributed by atoms with Crippen molar-refractivity contribution in [3.63, 3.8) is 0 Å². The van der Waals surface area contributed by atoms with Gasteiger partial charge in [-0.3, -0.25) is 4.79 Å². The number of esters is 1. The molecule has 23 heavy (non-hydrogen) atoms. The van der Waals surface area contributed by atoms with Gasteiger partial charge in [0.05, 0.1) is 29.3 Å². The van der Waals surface area contributed by atoms with Gasteiger partial charge in [-0.2, -0.15) is 5.26 Å². The van der Waals surface area contributed by atoms with Gasteiger partial charge in [0.15, 0.2) is 12.4 Å². The van der Waals surface area contributed by atoms with Crippen molar-refractivity contribution in [3.05, 3.63) is 64.2 Å². The van der Waals surface area contributed by atoms with Gasteiger partial charge in [0.25, 0.3) is 0 Å². The molecule has 0 heterocycles. The highest BCUT2D eigenvalue weighted by atomic mass is 35.5. The lowest BCUT2D eigenvalue weighted by molar-refractivity contribution is 0.0474. The summed E-state index contributed by atoms with van der Waals surface area (Å²) < 4.78 is 9.97. The van der Waals surface area contributed by atoms with Crippen molar-refractivity contribution in [2.24, 2.45) is 0 Å². The number of benzene rings is 2. The second-order valence-corrected chi connectivity index (χ2v) is 4.95. The molecule has 0 N–H and O–H groups in total. The molecule has 0 bridgehead atoms. The summed E-state index contributed by atoms with van der Waals surface area (Å²) in [6.07, 6.45) is 0. The maximum absolute atomic E-state index is 12.0. The van der Waals surface area contributed by atoms with Gasteiger partial charge in [-0.15, -0.1) is 0 Å². The van der Waals surface area contributed by atoms with Crippen molar-refractivity contribution in [2.75, 3.05) is 13.7 Å². The van der Waals surface area contributed by atoms with Gasteiger partial charge in [-0.05, 0) is 36.4 Å². The molecule has 0 aliphatic rings. The zero-order chi connectivity index (χ0) is 16.8. The number of ketones is 1. The van der Waals surface area contributed by atoms with Crippen LogP contribution in [0.1, 0.15) is 26.3 Å². The molecule has 0 spiro atoms. The molecule has 0 amide bonds. The minimum Gasteiger partial charge on any atom is -0.495 e. The van der Waals surface area contributed by atoms with E-state index >= 15 is 0 Å². The number of carbonyl (C=O) groups is 2. The number of hydrogen-bond donors (Lipinski definition) is 0. The number of halogens is 1. The van der Waals surface area contributed by atoms with E-state index in [-0.39, 0.29) is 11.3 Å². The Morgan fingerprint density at radius 3 is 2.61 bits per heavy atom. The van der Waals surface area contributed by atoms with Gasteiger partial charge in [-0.1, -0.05) is 17.7 Å². The lowest BCUT2D eigenvalue weighted by Gasteiger charge is -2.07. The van der Waals surface area contributed by atoms with Crippen LogP contribution < -0.4 is 4.74 Å². The number of nitriles is 1. The third-order valence-corrected chi connectivity index (χ3v) is 3.33. The summed E-state index contributed by atoms with van der Waals surface area (Å²) in [6, 6.07) is 12.5. The summed E-state index contributed by atoms with van der Waals surface area (Å²) in [5.74, 6) is -0.608. The number of carbonyl (C=O) groups excluding carboxylic acids is 2. The molecule has 0 radical (unpaired) electrons. The molecule has 2 aromatic carbocycles. The summed E-state index contributed by atoms with van der Waals surface area (Å²) in [5.41, 5.74) is 0.867. The first kappa shape index (κ1) is 16.5. The number of rotatable bonds is 5.